The third kappa shape index (κ3) is 1.86. The minimum Gasteiger partial charge on any atom is -0.508 e. The van der Waals surface area contributed by atoms with E-state index in [1.807, 2.05) is 6.07 Å². The fourth-order valence-corrected chi connectivity index (χ4v) is 5.83. The Balaban J connectivity index is 1.76. The molecule has 1 aromatic rings. The largest absolute Gasteiger partial charge is 0.508 e. The lowest BCUT2D eigenvalue weighted by molar-refractivity contribution is -0.0729. The smallest absolute Gasteiger partial charge is 0.130 e. The van der Waals surface area contributed by atoms with E-state index < -0.39 is 11.7 Å². The average Bonchev–Trinajstić information content (AvgIpc) is 2.80. The average molecular weight is 312 g/mol. The zero-order chi connectivity index (χ0) is 16.4. The monoisotopic (exact) mass is 312 g/mol. The van der Waals surface area contributed by atoms with E-state index in [-0.39, 0.29) is 11.2 Å². The molecule has 0 radical (unpaired) electrons. The van der Waals surface area contributed by atoms with Gasteiger partial charge in [0.25, 0.3) is 0 Å². The lowest BCUT2D eigenvalue weighted by Crippen LogP contribution is -2.50. The molecule has 2 fully saturated rings. The van der Waals surface area contributed by atoms with Crippen LogP contribution in [0.3, 0.4) is 0 Å². The van der Waals surface area contributed by atoms with Gasteiger partial charge in [-0.3, -0.25) is 0 Å². The van der Waals surface area contributed by atoms with Gasteiger partial charge in [0.1, 0.15) is 11.4 Å². The van der Waals surface area contributed by atoms with Crippen LogP contribution in [0.15, 0.2) is 18.2 Å². The summed E-state index contributed by atoms with van der Waals surface area (Å²) in [5.74, 6) is 3.98. The van der Waals surface area contributed by atoms with Gasteiger partial charge in [-0.25, -0.2) is 0 Å². The number of rotatable bonds is 0. The molecule has 0 amide bonds. The molecule has 0 aliphatic heterocycles. The molecule has 6 atom stereocenters. The quantitative estimate of drug-likeness (QED) is 0.645. The number of terminal acetylenes is 1. The molecule has 0 aromatic heterocycles. The van der Waals surface area contributed by atoms with Crippen LogP contribution in [-0.4, -0.2) is 20.9 Å². The first-order valence-corrected chi connectivity index (χ1v) is 8.60. The minimum atomic E-state index is -1.01. The van der Waals surface area contributed by atoms with Crippen molar-refractivity contribution >= 4 is 0 Å². The van der Waals surface area contributed by atoms with Crippen LogP contribution >= 0.6 is 0 Å². The highest BCUT2D eigenvalue weighted by Crippen LogP contribution is 2.65. The van der Waals surface area contributed by atoms with E-state index in [1.165, 1.54) is 5.56 Å². The Hall–Kier alpha value is -1.50. The van der Waals surface area contributed by atoms with Gasteiger partial charge in [0.2, 0.25) is 0 Å². The van der Waals surface area contributed by atoms with Crippen molar-refractivity contribution in [1.82, 2.24) is 0 Å². The predicted octanol–water partition coefficient (Wildman–Crippen LogP) is 3.10. The Bertz CT molecular complexity index is 691. The van der Waals surface area contributed by atoms with Gasteiger partial charge in [-0.1, -0.05) is 18.9 Å². The molecule has 1 aromatic carbocycles. The molecule has 3 nitrogen and oxygen atoms in total. The van der Waals surface area contributed by atoms with Crippen molar-refractivity contribution in [3.05, 3.63) is 29.3 Å². The third-order valence-electron chi connectivity index (χ3n) is 7.15. The van der Waals surface area contributed by atoms with Crippen LogP contribution in [0, 0.1) is 29.6 Å². The van der Waals surface area contributed by atoms with Crippen molar-refractivity contribution in [3.8, 4) is 18.1 Å². The topological polar surface area (TPSA) is 60.7 Å². The lowest BCUT2D eigenvalue weighted by Gasteiger charge is -2.52. The van der Waals surface area contributed by atoms with Crippen molar-refractivity contribution in [2.24, 2.45) is 17.3 Å². The highest BCUT2D eigenvalue weighted by atomic mass is 16.3. The van der Waals surface area contributed by atoms with E-state index in [2.05, 4.69) is 12.8 Å². The van der Waals surface area contributed by atoms with Crippen LogP contribution in [-0.2, 0) is 0 Å². The van der Waals surface area contributed by atoms with E-state index in [0.717, 1.165) is 24.8 Å². The van der Waals surface area contributed by atoms with Crippen molar-refractivity contribution in [2.45, 2.75) is 56.7 Å². The summed E-state index contributed by atoms with van der Waals surface area (Å²) in [6.45, 7) is 2.14. The highest BCUT2D eigenvalue weighted by Gasteiger charge is 2.61. The van der Waals surface area contributed by atoms with Gasteiger partial charge in [-0.2, -0.15) is 0 Å². The van der Waals surface area contributed by atoms with Gasteiger partial charge in [0.15, 0.2) is 0 Å². The zero-order valence-corrected chi connectivity index (χ0v) is 13.5. The first-order valence-electron chi connectivity index (χ1n) is 8.60. The molecule has 3 heteroatoms. The van der Waals surface area contributed by atoms with Crippen molar-refractivity contribution in [2.75, 3.05) is 0 Å². The first-order chi connectivity index (χ1) is 10.9. The van der Waals surface area contributed by atoms with E-state index in [1.54, 1.807) is 12.1 Å². The van der Waals surface area contributed by atoms with Gasteiger partial charge in [-0.15, -0.1) is 6.42 Å². The lowest BCUT2D eigenvalue weighted by atomic mass is 9.53. The summed E-state index contributed by atoms with van der Waals surface area (Å²) in [5.41, 5.74) is 0.782. The maximum absolute atomic E-state index is 10.9. The summed E-state index contributed by atoms with van der Waals surface area (Å²) in [7, 11) is 0. The zero-order valence-electron chi connectivity index (χ0n) is 13.5. The second-order valence-corrected chi connectivity index (χ2v) is 7.94. The molecule has 2 saturated carbocycles. The minimum absolute atomic E-state index is 0.212. The molecule has 0 bridgehead atoms. The molecule has 3 N–H and O–H groups in total. The number of benzene rings is 1. The van der Waals surface area contributed by atoms with Crippen molar-refractivity contribution in [1.29, 1.82) is 0 Å². The molecule has 0 spiro atoms. The summed E-state index contributed by atoms with van der Waals surface area (Å²) in [5, 5.41) is 31.2. The van der Waals surface area contributed by atoms with Crippen LogP contribution in [0.1, 0.15) is 62.2 Å². The van der Waals surface area contributed by atoms with Crippen LogP contribution in [0.5, 0.6) is 5.75 Å². The number of phenols is 1. The summed E-state index contributed by atoms with van der Waals surface area (Å²) in [6, 6.07) is 5.39. The second kappa shape index (κ2) is 4.75. The fourth-order valence-electron chi connectivity index (χ4n) is 5.83. The Morgan fingerprint density at radius 2 is 2.00 bits per heavy atom. The number of aromatic hydroxyl groups is 1. The van der Waals surface area contributed by atoms with Gasteiger partial charge in [-0.05, 0) is 73.1 Å². The standard InChI is InChI=1S/C20H24O3/c1-3-20(23)9-7-17-15-11-18(22)16-10-12(21)4-5-13(16)14(15)6-8-19(17,20)2/h1,4-5,10,14-15,17-18,21-23H,6-9,11H2,2H3/t14-,15-,17+,18-,19?,20+/m1/s1. The first kappa shape index (κ1) is 15.1. The third-order valence-corrected chi connectivity index (χ3v) is 7.15. The fraction of sp³-hybridized carbons (Fsp3) is 0.600. The molecule has 3 aliphatic carbocycles. The number of aliphatic hydroxyl groups is 2. The Kier molecular flexibility index (Phi) is 3.11. The van der Waals surface area contributed by atoms with E-state index >= 15 is 0 Å². The summed E-state index contributed by atoms with van der Waals surface area (Å²) < 4.78 is 0. The normalized spacial score (nSPS) is 44.8. The molecular formula is C20H24O3. The predicted molar refractivity (Wildman–Crippen MR) is 87.8 cm³/mol. The maximum Gasteiger partial charge on any atom is 0.130 e. The second-order valence-electron chi connectivity index (χ2n) is 7.94. The Morgan fingerprint density at radius 1 is 1.22 bits per heavy atom. The van der Waals surface area contributed by atoms with Crippen LogP contribution in [0.4, 0.5) is 0 Å². The number of fused-ring (bicyclic) bond motifs is 5. The van der Waals surface area contributed by atoms with Crippen molar-refractivity contribution in [3.63, 3.8) is 0 Å². The molecule has 4 rings (SSSR count). The molecule has 3 aliphatic rings. The SMILES string of the molecule is C#C[C@]1(O)CC[C@H]2[C@@H]3C[C@@H](O)c4cc(O)ccc4[C@H]3CCC21C. The van der Waals surface area contributed by atoms with Crippen molar-refractivity contribution < 1.29 is 15.3 Å². The molecule has 0 heterocycles. The van der Waals surface area contributed by atoms with E-state index in [9.17, 15) is 15.3 Å². The van der Waals surface area contributed by atoms with Crippen LogP contribution in [0.2, 0.25) is 0 Å². The van der Waals surface area contributed by atoms with E-state index in [0.29, 0.717) is 30.6 Å². The summed E-state index contributed by atoms with van der Waals surface area (Å²) >= 11 is 0. The number of hydrogen-bond acceptors (Lipinski definition) is 3. The summed E-state index contributed by atoms with van der Waals surface area (Å²) in [4.78, 5) is 0. The van der Waals surface area contributed by atoms with Crippen LogP contribution in [0.25, 0.3) is 0 Å². The molecule has 23 heavy (non-hydrogen) atoms. The van der Waals surface area contributed by atoms with Gasteiger partial charge in [0.05, 0.1) is 6.10 Å². The maximum atomic E-state index is 10.9. The van der Waals surface area contributed by atoms with E-state index in [4.69, 9.17) is 6.42 Å². The van der Waals surface area contributed by atoms with Gasteiger partial charge in [0, 0.05) is 5.41 Å². The molecule has 1 unspecified atom stereocenters. The Labute approximate surface area is 137 Å². The molecular weight excluding hydrogens is 288 g/mol. The number of hydrogen-bond donors (Lipinski definition) is 3. The molecule has 0 saturated heterocycles. The number of phenolic OH excluding ortho intramolecular Hbond substituents is 1. The number of aliphatic hydroxyl groups excluding tert-OH is 1. The Morgan fingerprint density at radius 3 is 2.74 bits per heavy atom. The summed E-state index contributed by atoms with van der Waals surface area (Å²) in [6.07, 6.45) is 9.31. The van der Waals surface area contributed by atoms with Gasteiger partial charge >= 0.3 is 0 Å². The van der Waals surface area contributed by atoms with Crippen LogP contribution < -0.4 is 0 Å². The molecule has 122 valence electrons. The van der Waals surface area contributed by atoms with Gasteiger partial charge < -0.3 is 15.3 Å². The highest BCUT2D eigenvalue weighted by molar-refractivity contribution is 5.42.